The van der Waals surface area contributed by atoms with Crippen molar-refractivity contribution in [3.8, 4) is 5.75 Å². The SMILES string of the molecule is Cc1cc(OCC(N)(CO)C2CC2)ccc1F. The highest BCUT2D eigenvalue weighted by atomic mass is 19.1. The number of aliphatic hydroxyl groups excluding tert-OH is 1. The Bertz CT molecular complexity index is 406. The Labute approximate surface area is 100 Å². The van der Waals surface area contributed by atoms with E-state index in [2.05, 4.69) is 0 Å². The summed E-state index contributed by atoms with van der Waals surface area (Å²) in [4.78, 5) is 0. The zero-order valence-corrected chi connectivity index (χ0v) is 9.95. The lowest BCUT2D eigenvalue weighted by Gasteiger charge is -2.27. The van der Waals surface area contributed by atoms with Gasteiger partial charge in [-0.3, -0.25) is 0 Å². The van der Waals surface area contributed by atoms with Crippen molar-refractivity contribution in [2.24, 2.45) is 11.7 Å². The molecule has 1 unspecified atom stereocenters. The number of aryl methyl sites for hydroxylation is 1. The van der Waals surface area contributed by atoms with Crippen molar-refractivity contribution in [2.75, 3.05) is 13.2 Å². The molecule has 0 amide bonds. The van der Waals surface area contributed by atoms with Gasteiger partial charge in [-0.2, -0.15) is 0 Å². The van der Waals surface area contributed by atoms with Gasteiger partial charge in [-0.25, -0.2) is 4.39 Å². The van der Waals surface area contributed by atoms with Crippen molar-refractivity contribution in [3.05, 3.63) is 29.6 Å². The Morgan fingerprint density at radius 2 is 2.24 bits per heavy atom. The van der Waals surface area contributed by atoms with Crippen LogP contribution in [0.5, 0.6) is 5.75 Å². The Kier molecular flexibility index (Phi) is 3.35. The maximum atomic E-state index is 13.1. The number of rotatable bonds is 5. The first-order valence-electron chi connectivity index (χ1n) is 5.84. The first-order valence-corrected chi connectivity index (χ1v) is 5.84. The molecule has 0 saturated heterocycles. The normalized spacial score (nSPS) is 18.8. The van der Waals surface area contributed by atoms with Gasteiger partial charge in [-0.1, -0.05) is 0 Å². The predicted octanol–water partition coefficient (Wildman–Crippen LogP) is 1.61. The Hall–Kier alpha value is -1.13. The van der Waals surface area contributed by atoms with Gasteiger partial charge < -0.3 is 15.6 Å². The fourth-order valence-corrected chi connectivity index (χ4v) is 1.88. The summed E-state index contributed by atoms with van der Waals surface area (Å²) in [6.07, 6.45) is 2.09. The molecule has 0 radical (unpaired) electrons. The summed E-state index contributed by atoms with van der Waals surface area (Å²) >= 11 is 0. The summed E-state index contributed by atoms with van der Waals surface area (Å²) in [6.45, 7) is 1.86. The van der Waals surface area contributed by atoms with Gasteiger partial charge in [0.2, 0.25) is 0 Å². The maximum Gasteiger partial charge on any atom is 0.126 e. The number of hydrogen-bond donors (Lipinski definition) is 2. The number of hydrogen-bond acceptors (Lipinski definition) is 3. The minimum atomic E-state index is -0.664. The molecule has 17 heavy (non-hydrogen) atoms. The summed E-state index contributed by atoms with van der Waals surface area (Å²) in [5.41, 5.74) is 5.95. The van der Waals surface area contributed by atoms with Crippen LogP contribution in [-0.4, -0.2) is 23.9 Å². The van der Waals surface area contributed by atoms with Gasteiger partial charge in [0.05, 0.1) is 12.1 Å². The maximum absolute atomic E-state index is 13.1. The summed E-state index contributed by atoms with van der Waals surface area (Å²) < 4.78 is 18.6. The molecule has 3 N–H and O–H groups in total. The van der Waals surface area contributed by atoms with E-state index < -0.39 is 5.54 Å². The van der Waals surface area contributed by atoms with Crippen molar-refractivity contribution in [3.63, 3.8) is 0 Å². The highest BCUT2D eigenvalue weighted by Crippen LogP contribution is 2.38. The standard InChI is InChI=1S/C13H18FNO2/c1-9-6-11(4-5-12(9)14)17-8-13(15,7-16)10-2-3-10/h4-6,10,16H,2-3,7-8,15H2,1H3. The number of ether oxygens (including phenoxy) is 1. The molecule has 0 spiro atoms. The third kappa shape index (κ3) is 2.76. The fourth-order valence-electron chi connectivity index (χ4n) is 1.88. The third-order valence-corrected chi connectivity index (χ3v) is 3.32. The van der Waals surface area contributed by atoms with Crippen molar-refractivity contribution in [2.45, 2.75) is 25.3 Å². The van der Waals surface area contributed by atoms with E-state index in [1.54, 1.807) is 19.1 Å². The fraction of sp³-hybridized carbons (Fsp3) is 0.538. The molecule has 0 heterocycles. The molecule has 4 heteroatoms. The molecule has 94 valence electrons. The summed E-state index contributed by atoms with van der Waals surface area (Å²) in [5, 5.41) is 9.31. The van der Waals surface area contributed by atoms with Gasteiger partial charge in [0.1, 0.15) is 18.2 Å². The topological polar surface area (TPSA) is 55.5 Å². The van der Waals surface area contributed by atoms with Crippen LogP contribution in [0.4, 0.5) is 4.39 Å². The second kappa shape index (κ2) is 4.63. The summed E-state index contributed by atoms with van der Waals surface area (Å²) in [6, 6.07) is 4.59. The smallest absolute Gasteiger partial charge is 0.126 e. The first kappa shape index (κ1) is 12.3. The van der Waals surface area contributed by atoms with Crippen LogP contribution in [0, 0.1) is 18.7 Å². The van der Waals surface area contributed by atoms with Crippen LogP contribution in [0.15, 0.2) is 18.2 Å². The molecule has 3 nitrogen and oxygen atoms in total. The second-order valence-electron chi connectivity index (χ2n) is 4.87. The molecule has 1 aliphatic rings. The van der Waals surface area contributed by atoms with Crippen molar-refractivity contribution in [1.82, 2.24) is 0 Å². The highest BCUT2D eigenvalue weighted by Gasteiger charge is 2.42. The molecule has 0 bridgehead atoms. The van der Waals surface area contributed by atoms with Crippen LogP contribution < -0.4 is 10.5 Å². The van der Waals surface area contributed by atoms with Gasteiger partial charge in [-0.15, -0.1) is 0 Å². The molecule has 1 aromatic rings. The number of benzene rings is 1. The Morgan fingerprint density at radius 3 is 2.76 bits per heavy atom. The Balaban J connectivity index is 1.98. The van der Waals surface area contributed by atoms with E-state index >= 15 is 0 Å². The molecule has 1 saturated carbocycles. The van der Waals surface area contributed by atoms with Crippen LogP contribution in [-0.2, 0) is 0 Å². The molecule has 2 rings (SSSR count). The number of aliphatic hydroxyl groups is 1. The molecule has 1 aromatic carbocycles. The average Bonchev–Trinajstić information content (AvgIpc) is 3.14. The Morgan fingerprint density at radius 1 is 1.53 bits per heavy atom. The molecular weight excluding hydrogens is 221 g/mol. The molecular formula is C13H18FNO2. The van der Waals surface area contributed by atoms with Crippen LogP contribution in [0.1, 0.15) is 18.4 Å². The quantitative estimate of drug-likeness (QED) is 0.820. The average molecular weight is 239 g/mol. The van der Waals surface area contributed by atoms with Crippen molar-refractivity contribution < 1.29 is 14.2 Å². The highest BCUT2D eigenvalue weighted by molar-refractivity contribution is 5.29. The molecule has 0 aliphatic heterocycles. The second-order valence-corrected chi connectivity index (χ2v) is 4.87. The minimum absolute atomic E-state index is 0.0855. The van der Waals surface area contributed by atoms with E-state index in [4.69, 9.17) is 10.5 Å². The zero-order chi connectivity index (χ0) is 12.5. The molecule has 1 fully saturated rings. The van der Waals surface area contributed by atoms with Gasteiger partial charge in [0.15, 0.2) is 0 Å². The van der Waals surface area contributed by atoms with Crippen molar-refractivity contribution in [1.29, 1.82) is 0 Å². The van der Waals surface area contributed by atoms with Crippen LogP contribution >= 0.6 is 0 Å². The third-order valence-electron chi connectivity index (χ3n) is 3.32. The first-order chi connectivity index (χ1) is 8.05. The van der Waals surface area contributed by atoms with Gasteiger partial charge >= 0.3 is 0 Å². The largest absolute Gasteiger partial charge is 0.492 e. The van der Waals surface area contributed by atoms with Gasteiger partial charge in [0.25, 0.3) is 0 Å². The predicted molar refractivity (Wildman–Crippen MR) is 63.4 cm³/mol. The van der Waals surface area contributed by atoms with E-state index in [0.29, 0.717) is 17.2 Å². The van der Waals surface area contributed by atoms with E-state index in [0.717, 1.165) is 12.8 Å². The van der Waals surface area contributed by atoms with Crippen LogP contribution in [0.3, 0.4) is 0 Å². The lowest BCUT2D eigenvalue weighted by molar-refractivity contribution is 0.117. The molecule has 1 atom stereocenters. The van der Waals surface area contributed by atoms with E-state index in [-0.39, 0.29) is 19.0 Å². The lowest BCUT2D eigenvalue weighted by Crippen LogP contribution is -2.51. The summed E-state index contributed by atoms with van der Waals surface area (Å²) in [7, 11) is 0. The number of halogens is 1. The number of nitrogens with two attached hydrogens (primary N) is 1. The van der Waals surface area contributed by atoms with E-state index in [1.807, 2.05) is 0 Å². The van der Waals surface area contributed by atoms with Crippen LogP contribution in [0.2, 0.25) is 0 Å². The minimum Gasteiger partial charge on any atom is -0.492 e. The van der Waals surface area contributed by atoms with E-state index in [9.17, 15) is 9.50 Å². The monoisotopic (exact) mass is 239 g/mol. The summed E-state index contributed by atoms with van der Waals surface area (Å²) in [5.74, 6) is 0.683. The molecule has 0 aromatic heterocycles. The lowest BCUT2D eigenvalue weighted by atomic mass is 9.97. The zero-order valence-electron chi connectivity index (χ0n) is 9.95. The van der Waals surface area contributed by atoms with Gasteiger partial charge in [0, 0.05) is 0 Å². The van der Waals surface area contributed by atoms with Crippen molar-refractivity contribution >= 4 is 0 Å². The van der Waals surface area contributed by atoms with E-state index in [1.165, 1.54) is 6.07 Å². The van der Waals surface area contributed by atoms with Crippen LogP contribution in [0.25, 0.3) is 0 Å². The van der Waals surface area contributed by atoms with Gasteiger partial charge in [-0.05, 0) is 49.4 Å². The molecule has 1 aliphatic carbocycles.